The Labute approximate surface area is 91.4 Å². The van der Waals surface area contributed by atoms with E-state index < -0.39 is 0 Å². The van der Waals surface area contributed by atoms with Gasteiger partial charge in [-0.2, -0.15) is 0 Å². The van der Waals surface area contributed by atoms with Crippen molar-refractivity contribution in [1.29, 1.82) is 0 Å². The number of benzene rings is 1. The van der Waals surface area contributed by atoms with Crippen LogP contribution in [-0.2, 0) is 12.8 Å². The molecule has 2 heteroatoms. The summed E-state index contributed by atoms with van der Waals surface area (Å²) in [6.07, 6.45) is 2.09. The first-order chi connectivity index (χ1) is 7.11. The molecule has 0 bridgehead atoms. The van der Waals surface area contributed by atoms with E-state index in [2.05, 4.69) is 32.0 Å². The first-order valence-electron chi connectivity index (χ1n) is 5.55. The normalized spacial score (nSPS) is 14.9. The average molecular weight is 205 g/mol. The molecule has 2 N–H and O–H groups in total. The predicted octanol–water partition coefficient (Wildman–Crippen LogP) is 2.15. The van der Waals surface area contributed by atoms with E-state index in [-0.39, 0.29) is 5.41 Å². The van der Waals surface area contributed by atoms with Gasteiger partial charge in [-0.1, -0.05) is 26.0 Å². The van der Waals surface area contributed by atoms with Crippen LogP contribution in [0, 0.1) is 5.41 Å². The Morgan fingerprint density at radius 3 is 2.93 bits per heavy atom. The molecule has 2 nitrogen and oxygen atoms in total. The first-order valence-corrected chi connectivity index (χ1v) is 5.55. The monoisotopic (exact) mass is 205 g/mol. The van der Waals surface area contributed by atoms with Gasteiger partial charge in [0.05, 0.1) is 6.61 Å². The van der Waals surface area contributed by atoms with Crippen LogP contribution >= 0.6 is 0 Å². The minimum atomic E-state index is 0.188. The molecule has 1 aromatic carbocycles. The lowest BCUT2D eigenvalue weighted by Gasteiger charge is -2.22. The zero-order chi connectivity index (χ0) is 10.9. The fraction of sp³-hybridized carbons (Fsp3) is 0.538. The summed E-state index contributed by atoms with van der Waals surface area (Å²) >= 11 is 0. The lowest BCUT2D eigenvalue weighted by atomic mass is 9.85. The van der Waals surface area contributed by atoms with Crippen molar-refractivity contribution in [2.24, 2.45) is 11.1 Å². The van der Waals surface area contributed by atoms with Gasteiger partial charge in [0, 0.05) is 6.42 Å². The Balaban J connectivity index is 2.17. The number of rotatable bonds is 3. The summed E-state index contributed by atoms with van der Waals surface area (Å²) in [5.41, 5.74) is 8.65. The fourth-order valence-corrected chi connectivity index (χ4v) is 1.97. The van der Waals surface area contributed by atoms with Crippen molar-refractivity contribution in [3.63, 3.8) is 0 Å². The van der Waals surface area contributed by atoms with Gasteiger partial charge in [-0.05, 0) is 35.6 Å². The maximum atomic E-state index is 5.74. The highest BCUT2D eigenvalue weighted by atomic mass is 16.5. The summed E-state index contributed by atoms with van der Waals surface area (Å²) in [5, 5.41) is 0. The molecule has 1 aliphatic rings. The lowest BCUT2D eigenvalue weighted by molar-refractivity contribution is 0.356. The van der Waals surface area contributed by atoms with Crippen LogP contribution in [0.15, 0.2) is 18.2 Å². The maximum Gasteiger partial charge on any atom is 0.122 e. The van der Waals surface area contributed by atoms with Gasteiger partial charge < -0.3 is 10.5 Å². The minimum absolute atomic E-state index is 0.188. The van der Waals surface area contributed by atoms with Gasteiger partial charge >= 0.3 is 0 Å². The molecule has 1 aliphatic heterocycles. The van der Waals surface area contributed by atoms with Gasteiger partial charge in [0.1, 0.15) is 5.75 Å². The smallest absolute Gasteiger partial charge is 0.122 e. The second-order valence-corrected chi connectivity index (χ2v) is 5.09. The molecule has 0 spiro atoms. The van der Waals surface area contributed by atoms with Crippen molar-refractivity contribution in [2.75, 3.05) is 13.2 Å². The average Bonchev–Trinajstić information content (AvgIpc) is 2.64. The number of nitrogens with two attached hydrogens (primary N) is 1. The second kappa shape index (κ2) is 3.86. The molecular weight excluding hydrogens is 186 g/mol. The zero-order valence-corrected chi connectivity index (χ0v) is 9.55. The standard InChI is InChI=1S/C13H19NO/c1-13(2,9-14)8-10-3-4-12-11(7-10)5-6-15-12/h3-4,7H,5-6,8-9,14H2,1-2H3. The van der Waals surface area contributed by atoms with Crippen molar-refractivity contribution in [3.05, 3.63) is 29.3 Å². The van der Waals surface area contributed by atoms with E-state index in [4.69, 9.17) is 10.5 Å². The van der Waals surface area contributed by atoms with Crippen LogP contribution in [-0.4, -0.2) is 13.2 Å². The van der Waals surface area contributed by atoms with Crippen molar-refractivity contribution >= 4 is 0 Å². The third-order valence-corrected chi connectivity index (χ3v) is 2.99. The van der Waals surface area contributed by atoms with Gasteiger partial charge in [-0.3, -0.25) is 0 Å². The van der Waals surface area contributed by atoms with Crippen LogP contribution in [0.4, 0.5) is 0 Å². The molecule has 1 heterocycles. The van der Waals surface area contributed by atoms with Gasteiger partial charge in [0.15, 0.2) is 0 Å². The Morgan fingerprint density at radius 2 is 2.20 bits per heavy atom. The third-order valence-electron chi connectivity index (χ3n) is 2.99. The van der Waals surface area contributed by atoms with E-state index in [0.29, 0.717) is 0 Å². The number of hydrogen-bond donors (Lipinski definition) is 1. The van der Waals surface area contributed by atoms with E-state index in [9.17, 15) is 0 Å². The zero-order valence-electron chi connectivity index (χ0n) is 9.55. The van der Waals surface area contributed by atoms with E-state index in [0.717, 1.165) is 31.7 Å². The summed E-state index contributed by atoms with van der Waals surface area (Å²) in [4.78, 5) is 0. The van der Waals surface area contributed by atoms with Gasteiger partial charge in [-0.25, -0.2) is 0 Å². The molecule has 15 heavy (non-hydrogen) atoms. The molecule has 0 radical (unpaired) electrons. The Bertz CT molecular complexity index is 358. The third kappa shape index (κ3) is 2.32. The van der Waals surface area contributed by atoms with Crippen molar-refractivity contribution in [3.8, 4) is 5.75 Å². The van der Waals surface area contributed by atoms with Crippen LogP contribution in [0.3, 0.4) is 0 Å². The quantitative estimate of drug-likeness (QED) is 0.820. The maximum absolute atomic E-state index is 5.74. The summed E-state index contributed by atoms with van der Waals surface area (Å²) in [5.74, 6) is 1.06. The largest absolute Gasteiger partial charge is 0.493 e. The molecule has 0 saturated carbocycles. The fourth-order valence-electron chi connectivity index (χ4n) is 1.97. The SMILES string of the molecule is CC(C)(CN)Cc1ccc2c(c1)CCO2. The molecule has 0 amide bonds. The molecule has 0 unspecified atom stereocenters. The van der Waals surface area contributed by atoms with Crippen LogP contribution in [0.5, 0.6) is 5.75 Å². The Kier molecular flexibility index (Phi) is 2.70. The van der Waals surface area contributed by atoms with E-state index in [1.165, 1.54) is 11.1 Å². The summed E-state index contributed by atoms with van der Waals surface area (Å²) in [6, 6.07) is 6.51. The number of fused-ring (bicyclic) bond motifs is 1. The van der Waals surface area contributed by atoms with Crippen molar-refractivity contribution < 1.29 is 4.74 Å². The Hall–Kier alpha value is -1.02. The molecule has 0 atom stereocenters. The van der Waals surface area contributed by atoms with E-state index in [1.54, 1.807) is 0 Å². The Morgan fingerprint density at radius 1 is 1.40 bits per heavy atom. The minimum Gasteiger partial charge on any atom is -0.493 e. The van der Waals surface area contributed by atoms with Crippen LogP contribution in [0.1, 0.15) is 25.0 Å². The number of ether oxygens (including phenoxy) is 1. The molecule has 82 valence electrons. The summed E-state index contributed by atoms with van der Waals surface area (Å²) in [7, 11) is 0. The first kappa shape index (κ1) is 10.5. The second-order valence-electron chi connectivity index (χ2n) is 5.09. The summed E-state index contributed by atoms with van der Waals surface area (Å²) in [6.45, 7) is 5.97. The highest BCUT2D eigenvalue weighted by Gasteiger charge is 2.18. The predicted molar refractivity (Wildman–Crippen MR) is 62.2 cm³/mol. The van der Waals surface area contributed by atoms with E-state index >= 15 is 0 Å². The number of hydrogen-bond acceptors (Lipinski definition) is 2. The molecule has 0 fully saturated rings. The van der Waals surface area contributed by atoms with Crippen molar-refractivity contribution in [2.45, 2.75) is 26.7 Å². The molecule has 0 aromatic heterocycles. The van der Waals surface area contributed by atoms with Crippen LogP contribution < -0.4 is 10.5 Å². The van der Waals surface area contributed by atoms with E-state index in [1.807, 2.05) is 0 Å². The molecule has 0 saturated heterocycles. The van der Waals surface area contributed by atoms with Crippen LogP contribution in [0.25, 0.3) is 0 Å². The highest BCUT2D eigenvalue weighted by Crippen LogP contribution is 2.28. The molecule has 2 rings (SSSR count). The summed E-state index contributed by atoms with van der Waals surface area (Å²) < 4.78 is 5.49. The molecular formula is C13H19NO. The van der Waals surface area contributed by atoms with Gasteiger partial charge in [-0.15, -0.1) is 0 Å². The lowest BCUT2D eigenvalue weighted by Crippen LogP contribution is -2.25. The van der Waals surface area contributed by atoms with Crippen molar-refractivity contribution in [1.82, 2.24) is 0 Å². The molecule has 1 aromatic rings. The van der Waals surface area contributed by atoms with Gasteiger partial charge in [0.25, 0.3) is 0 Å². The van der Waals surface area contributed by atoms with Crippen LogP contribution in [0.2, 0.25) is 0 Å². The molecule has 0 aliphatic carbocycles. The topological polar surface area (TPSA) is 35.2 Å². The highest BCUT2D eigenvalue weighted by molar-refractivity contribution is 5.40. The van der Waals surface area contributed by atoms with Gasteiger partial charge in [0.2, 0.25) is 0 Å².